The van der Waals surface area contributed by atoms with Crippen molar-refractivity contribution in [1.82, 2.24) is 19.7 Å². The van der Waals surface area contributed by atoms with Crippen molar-refractivity contribution < 1.29 is 4.74 Å². The van der Waals surface area contributed by atoms with Crippen molar-refractivity contribution in [3.8, 4) is 5.75 Å². The van der Waals surface area contributed by atoms with Crippen molar-refractivity contribution in [1.29, 1.82) is 0 Å². The molecule has 0 fully saturated rings. The number of aromatic nitrogens is 4. The van der Waals surface area contributed by atoms with Gasteiger partial charge in [-0.05, 0) is 13.8 Å². The van der Waals surface area contributed by atoms with Crippen LogP contribution >= 0.6 is 11.8 Å². The number of ether oxygens (including phenoxy) is 1. The molecule has 0 aromatic carbocycles. The van der Waals surface area contributed by atoms with Gasteiger partial charge in [0.2, 0.25) is 0 Å². The monoisotopic (exact) mass is 292 g/mol. The van der Waals surface area contributed by atoms with Crippen LogP contribution < -0.4 is 4.74 Å². The maximum atomic E-state index is 5.43. The zero-order valence-corrected chi connectivity index (χ0v) is 13.4. The van der Waals surface area contributed by atoms with Gasteiger partial charge in [0.15, 0.2) is 5.16 Å². The fraction of sp³-hybridized carbons (Fsp3) is 0.500. The summed E-state index contributed by atoms with van der Waals surface area (Å²) < 4.78 is 7.46. The van der Waals surface area contributed by atoms with E-state index in [4.69, 9.17) is 4.74 Å². The SMILES string of the molecule is CCc1nnc(SCc2ncc(C)c(OC)c2C)n1C. The van der Waals surface area contributed by atoms with Crippen LogP contribution in [0.4, 0.5) is 0 Å². The molecule has 0 spiro atoms. The first-order valence-corrected chi connectivity index (χ1v) is 7.57. The number of rotatable bonds is 5. The van der Waals surface area contributed by atoms with Crippen LogP contribution in [0.5, 0.6) is 5.75 Å². The molecule has 0 aliphatic rings. The van der Waals surface area contributed by atoms with Crippen LogP contribution in [0, 0.1) is 13.8 Å². The summed E-state index contributed by atoms with van der Waals surface area (Å²) in [7, 11) is 3.69. The maximum Gasteiger partial charge on any atom is 0.191 e. The number of nitrogens with zero attached hydrogens (tertiary/aromatic N) is 4. The molecule has 6 heteroatoms. The van der Waals surface area contributed by atoms with Gasteiger partial charge in [0.25, 0.3) is 0 Å². The van der Waals surface area contributed by atoms with Crippen LogP contribution in [0.2, 0.25) is 0 Å². The molecular weight excluding hydrogens is 272 g/mol. The van der Waals surface area contributed by atoms with Gasteiger partial charge >= 0.3 is 0 Å². The molecule has 0 aliphatic heterocycles. The van der Waals surface area contributed by atoms with E-state index in [1.807, 2.05) is 31.7 Å². The molecule has 0 aliphatic carbocycles. The minimum absolute atomic E-state index is 0.762. The van der Waals surface area contributed by atoms with E-state index in [-0.39, 0.29) is 0 Å². The van der Waals surface area contributed by atoms with Crippen molar-refractivity contribution in [3.63, 3.8) is 0 Å². The van der Waals surface area contributed by atoms with Gasteiger partial charge in [-0.3, -0.25) is 4.98 Å². The van der Waals surface area contributed by atoms with Crippen LogP contribution in [-0.2, 0) is 19.2 Å². The number of methoxy groups -OCH3 is 1. The molecule has 0 amide bonds. The van der Waals surface area contributed by atoms with Crippen LogP contribution in [0.3, 0.4) is 0 Å². The van der Waals surface area contributed by atoms with Gasteiger partial charge in [-0.2, -0.15) is 0 Å². The lowest BCUT2D eigenvalue weighted by Crippen LogP contribution is -2.00. The van der Waals surface area contributed by atoms with Crippen molar-refractivity contribution in [2.75, 3.05) is 7.11 Å². The van der Waals surface area contributed by atoms with E-state index >= 15 is 0 Å². The molecule has 20 heavy (non-hydrogen) atoms. The fourth-order valence-corrected chi connectivity index (χ4v) is 3.08. The van der Waals surface area contributed by atoms with Crippen LogP contribution in [0.25, 0.3) is 0 Å². The van der Waals surface area contributed by atoms with Crippen molar-refractivity contribution >= 4 is 11.8 Å². The minimum atomic E-state index is 0.762. The molecule has 0 saturated carbocycles. The van der Waals surface area contributed by atoms with E-state index in [1.54, 1.807) is 18.9 Å². The van der Waals surface area contributed by atoms with Gasteiger partial charge in [-0.15, -0.1) is 10.2 Å². The van der Waals surface area contributed by atoms with Gasteiger partial charge in [-0.1, -0.05) is 18.7 Å². The summed E-state index contributed by atoms with van der Waals surface area (Å²) in [6, 6.07) is 0. The van der Waals surface area contributed by atoms with Crippen molar-refractivity contribution in [2.45, 2.75) is 38.1 Å². The second-order valence-electron chi connectivity index (χ2n) is 4.65. The predicted octanol–water partition coefficient (Wildman–Crippen LogP) is 2.69. The lowest BCUT2D eigenvalue weighted by atomic mass is 10.1. The van der Waals surface area contributed by atoms with Crippen molar-refractivity contribution in [3.05, 3.63) is 28.8 Å². The molecular formula is C14H20N4OS. The smallest absolute Gasteiger partial charge is 0.191 e. The topological polar surface area (TPSA) is 52.8 Å². The Morgan fingerprint density at radius 2 is 2.05 bits per heavy atom. The Morgan fingerprint density at radius 1 is 1.30 bits per heavy atom. The molecule has 5 nitrogen and oxygen atoms in total. The number of thioether (sulfide) groups is 1. The highest BCUT2D eigenvalue weighted by atomic mass is 32.2. The molecule has 2 heterocycles. The van der Waals surface area contributed by atoms with Gasteiger partial charge in [-0.25, -0.2) is 0 Å². The van der Waals surface area contributed by atoms with E-state index in [1.165, 1.54) is 0 Å². The second-order valence-corrected chi connectivity index (χ2v) is 5.59. The lowest BCUT2D eigenvalue weighted by Gasteiger charge is -2.11. The summed E-state index contributed by atoms with van der Waals surface area (Å²) in [5, 5.41) is 9.29. The summed E-state index contributed by atoms with van der Waals surface area (Å²) in [4.78, 5) is 4.50. The average Bonchev–Trinajstić information content (AvgIpc) is 2.79. The zero-order valence-electron chi connectivity index (χ0n) is 12.6. The van der Waals surface area contributed by atoms with E-state index in [9.17, 15) is 0 Å². The molecule has 0 saturated heterocycles. The van der Waals surface area contributed by atoms with Crippen LogP contribution in [0.1, 0.15) is 29.6 Å². The number of aryl methyl sites for hydroxylation is 2. The van der Waals surface area contributed by atoms with E-state index in [0.29, 0.717) is 0 Å². The Balaban J connectivity index is 2.17. The fourth-order valence-electron chi connectivity index (χ4n) is 2.13. The largest absolute Gasteiger partial charge is 0.496 e. The molecule has 2 aromatic heterocycles. The summed E-state index contributed by atoms with van der Waals surface area (Å²) in [5.74, 6) is 2.68. The van der Waals surface area contributed by atoms with Gasteiger partial charge in [0.1, 0.15) is 11.6 Å². The third kappa shape index (κ3) is 2.80. The third-order valence-electron chi connectivity index (χ3n) is 3.33. The zero-order chi connectivity index (χ0) is 14.7. The Labute approximate surface area is 123 Å². The van der Waals surface area contributed by atoms with Gasteiger partial charge < -0.3 is 9.30 Å². The standard InChI is InChI=1S/C14H20N4OS/c1-6-12-16-17-14(18(12)4)20-8-11-10(3)13(19-5)9(2)7-15-11/h7H,6,8H2,1-5H3. The van der Waals surface area contributed by atoms with Crippen LogP contribution in [0.15, 0.2) is 11.4 Å². The van der Waals surface area contributed by atoms with E-state index < -0.39 is 0 Å². The van der Waals surface area contributed by atoms with Gasteiger partial charge in [0.05, 0.1) is 12.8 Å². The summed E-state index contributed by atoms with van der Waals surface area (Å²) in [6.07, 6.45) is 2.75. The molecule has 0 radical (unpaired) electrons. The predicted molar refractivity (Wildman–Crippen MR) is 80.2 cm³/mol. The maximum absolute atomic E-state index is 5.43. The number of pyridine rings is 1. The summed E-state index contributed by atoms with van der Waals surface area (Å²) in [6.45, 7) is 6.13. The Bertz CT molecular complexity index is 609. The van der Waals surface area contributed by atoms with E-state index in [2.05, 4.69) is 22.1 Å². The first-order chi connectivity index (χ1) is 9.58. The van der Waals surface area contributed by atoms with E-state index in [0.717, 1.165) is 45.7 Å². The number of hydrogen-bond donors (Lipinski definition) is 0. The average molecular weight is 292 g/mol. The molecule has 0 unspecified atom stereocenters. The summed E-state index contributed by atoms with van der Waals surface area (Å²) in [5.41, 5.74) is 3.18. The molecule has 2 aromatic rings. The van der Waals surface area contributed by atoms with Crippen LogP contribution in [-0.4, -0.2) is 26.9 Å². The highest BCUT2D eigenvalue weighted by Gasteiger charge is 2.12. The second kappa shape index (κ2) is 6.26. The third-order valence-corrected chi connectivity index (χ3v) is 4.36. The Hall–Kier alpha value is -1.56. The van der Waals surface area contributed by atoms with Gasteiger partial charge in [0, 0.05) is 36.5 Å². The highest BCUT2D eigenvalue weighted by molar-refractivity contribution is 7.98. The summed E-state index contributed by atoms with van der Waals surface area (Å²) >= 11 is 1.65. The molecule has 0 N–H and O–H groups in total. The molecule has 0 atom stereocenters. The Kier molecular flexibility index (Phi) is 4.65. The quantitative estimate of drug-likeness (QED) is 0.793. The first-order valence-electron chi connectivity index (χ1n) is 6.58. The van der Waals surface area contributed by atoms with Crippen molar-refractivity contribution in [2.24, 2.45) is 7.05 Å². The Morgan fingerprint density at radius 3 is 2.65 bits per heavy atom. The number of hydrogen-bond acceptors (Lipinski definition) is 5. The molecule has 2 rings (SSSR count). The minimum Gasteiger partial charge on any atom is -0.496 e. The molecule has 108 valence electrons. The lowest BCUT2D eigenvalue weighted by molar-refractivity contribution is 0.407. The highest BCUT2D eigenvalue weighted by Crippen LogP contribution is 2.28. The normalized spacial score (nSPS) is 10.8. The molecule has 0 bridgehead atoms. The first kappa shape index (κ1) is 14.8.